The molecule has 1 aromatic carbocycles. The normalized spacial score (nSPS) is 12.2. The minimum Gasteiger partial charge on any atom is -0.478 e. The van der Waals surface area contributed by atoms with E-state index < -0.39 is 18.0 Å². The maximum absolute atomic E-state index is 11.3. The number of esters is 1. The molecule has 0 heterocycles. The highest BCUT2D eigenvalue weighted by molar-refractivity contribution is 9.11. The fraction of sp³-hybridized carbons (Fsp3) is 0.231. The number of hydrogen-bond donors (Lipinski definition) is 1. The van der Waals surface area contributed by atoms with E-state index in [2.05, 4.69) is 36.6 Å². The molecule has 0 radical (unpaired) electrons. The van der Waals surface area contributed by atoms with Crippen molar-refractivity contribution in [2.24, 2.45) is 0 Å². The lowest BCUT2D eigenvalue weighted by atomic mass is 10.2. The van der Waals surface area contributed by atoms with Crippen LogP contribution in [0.5, 0.6) is 5.75 Å². The van der Waals surface area contributed by atoms with E-state index in [0.717, 1.165) is 6.08 Å². The lowest BCUT2D eigenvalue weighted by Crippen LogP contribution is -2.25. The summed E-state index contributed by atoms with van der Waals surface area (Å²) in [5, 5.41) is 8.59. The van der Waals surface area contributed by atoms with E-state index in [0.29, 0.717) is 20.3 Å². The molecule has 0 amide bonds. The highest BCUT2D eigenvalue weighted by atomic mass is 79.9. The number of carboxylic acids is 1. The molecule has 0 aromatic heterocycles. The number of ether oxygens (including phenoxy) is 2. The zero-order valence-corrected chi connectivity index (χ0v) is 13.9. The summed E-state index contributed by atoms with van der Waals surface area (Å²) in [5.74, 6) is -1.08. The monoisotopic (exact) mass is 406 g/mol. The summed E-state index contributed by atoms with van der Waals surface area (Å²) in [6.45, 7) is 1.57. The molecular formula is C13H12Br2O5. The van der Waals surface area contributed by atoms with Gasteiger partial charge in [0.25, 0.3) is 0 Å². The summed E-state index contributed by atoms with van der Waals surface area (Å²) in [6, 6.07) is 3.37. The third kappa shape index (κ3) is 4.64. The van der Waals surface area contributed by atoms with E-state index in [-0.39, 0.29) is 0 Å². The van der Waals surface area contributed by atoms with Crippen molar-refractivity contribution >= 4 is 49.9 Å². The molecule has 0 saturated heterocycles. The van der Waals surface area contributed by atoms with Gasteiger partial charge in [-0.2, -0.15) is 0 Å². The van der Waals surface area contributed by atoms with Crippen LogP contribution in [0, 0.1) is 0 Å². The molecule has 1 aromatic rings. The number of carbonyl (C=O) groups is 2. The van der Waals surface area contributed by atoms with Gasteiger partial charge in [-0.25, -0.2) is 9.59 Å². The van der Waals surface area contributed by atoms with Crippen LogP contribution in [0.2, 0.25) is 0 Å². The molecular weight excluding hydrogens is 396 g/mol. The molecule has 0 aliphatic heterocycles. The van der Waals surface area contributed by atoms with Crippen molar-refractivity contribution in [1.29, 1.82) is 0 Å². The first-order chi connectivity index (χ1) is 9.35. The number of carbonyl (C=O) groups excluding carboxylic acids is 1. The lowest BCUT2D eigenvalue weighted by molar-refractivity contribution is -0.148. The molecule has 0 aliphatic carbocycles. The van der Waals surface area contributed by atoms with Crippen molar-refractivity contribution in [3.05, 3.63) is 32.7 Å². The van der Waals surface area contributed by atoms with E-state index >= 15 is 0 Å². The third-order valence-electron chi connectivity index (χ3n) is 2.27. The Bertz CT molecular complexity index is 531. The van der Waals surface area contributed by atoms with Crippen molar-refractivity contribution in [2.75, 3.05) is 7.11 Å². The molecule has 20 heavy (non-hydrogen) atoms. The van der Waals surface area contributed by atoms with Crippen molar-refractivity contribution in [3.63, 3.8) is 0 Å². The average molecular weight is 408 g/mol. The van der Waals surface area contributed by atoms with Gasteiger partial charge in [-0.05, 0) is 62.6 Å². The molecule has 0 spiro atoms. The Kier molecular flexibility index (Phi) is 6.22. The molecule has 0 fully saturated rings. The largest absolute Gasteiger partial charge is 0.478 e. The topological polar surface area (TPSA) is 72.8 Å². The van der Waals surface area contributed by atoms with Crippen LogP contribution in [0.3, 0.4) is 0 Å². The second kappa shape index (κ2) is 7.44. The van der Waals surface area contributed by atoms with Crippen LogP contribution < -0.4 is 4.74 Å². The molecule has 0 saturated carbocycles. The second-order valence-electron chi connectivity index (χ2n) is 3.77. The second-order valence-corrected chi connectivity index (χ2v) is 5.48. The molecule has 1 rings (SSSR count). The highest BCUT2D eigenvalue weighted by Crippen LogP contribution is 2.35. The maximum Gasteiger partial charge on any atom is 0.346 e. The molecule has 7 heteroatoms. The minimum atomic E-state index is -1.03. The quantitative estimate of drug-likeness (QED) is 0.599. The van der Waals surface area contributed by atoms with Gasteiger partial charge in [-0.3, -0.25) is 0 Å². The van der Waals surface area contributed by atoms with Gasteiger partial charge in [-0.1, -0.05) is 0 Å². The van der Waals surface area contributed by atoms with E-state index in [4.69, 9.17) is 9.84 Å². The smallest absolute Gasteiger partial charge is 0.346 e. The number of carboxylic acid groups (broad SMARTS) is 1. The van der Waals surface area contributed by atoms with Crippen molar-refractivity contribution in [2.45, 2.75) is 13.0 Å². The Hall–Kier alpha value is -1.34. The predicted molar refractivity (Wildman–Crippen MR) is 80.6 cm³/mol. The molecule has 108 valence electrons. The molecule has 1 atom stereocenters. The SMILES string of the molecule is COC(=O)C(C)Oc1c(Br)cc(/C=C/C(=O)O)cc1Br. The summed E-state index contributed by atoms with van der Waals surface area (Å²) in [7, 11) is 1.28. The fourth-order valence-corrected chi connectivity index (χ4v) is 2.76. The number of rotatable bonds is 5. The summed E-state index contributed by atoms with van der Waals surface area (Å²) >= 11 is 6.63. The minimum absolute atomic E-state index is 0.440. The zero-order chi connectivity index (χ0) is 15.3. The van der Waals surface area contributed by atoms with Crippen molar-refractivity contribution in [3.8, 4) is 5.75 Å². The summed E-state index contributed by atoms with van der Waals surface area (Å²) in [6.07, 6.45) is 1.73. The van der Waals surface area contributed by atoms with E-state index in [1.807, 2.05) is 0 Å². The molecule has 0 aliphatic rings. The summed E-state index contributed by atoms with van der Waals surface area (Å²) in [4.78, 5) is 21.8. The molecule has 1 unspecified atom stereocenters. The zero-order valence-electron chi connectivity index (χ0n) is 10.7. The van der Waals surface area contributed by atoms with Crippen LogP contribution >= 0.6 is 31.9 Å². The van der Waals surface area contributed by atoms with Crippen LogP contribution in [0.25, 0.3) is 6.08 Å². The molecule has 5 nitrogen and oxygen atoms in total. The first kappa shape index (κ1) is 16.7. The number of hydrogen-bond acceptors (Lipinski definition) is 4. The van der Waals surface area contributed by atoms with Crippen LogP contribution in [0.4, 0.5) is 0 Å². The Morgan fingerprint density at radius 3 is 2.30 bits per heavy atom. The van der Waals surface area contributed by atoms with Crippen molar-refractivity contribution in [1.82, 2.24) is 0 Å². The van der Waals surface area contributed by atoms with Gasteiger partial charge in [-0.15, -0.1) is 0 Å². The number of aliphatic carboxylic acids is 1. The van der Waals surface area contributed by atoms with Gasteiger partial charge in [0, 0.05) is 6.08 Å². The summed E-state index contributed by atoms with van der Waals surface area (Å²) < 4.78 is 11.3. The van der Waals surface area contributed by atoms with Gasteiger partial charge in [0.1, 0.15) is 5.75 Å². The van der Waals surface area contributed by atoms with Gasteiger partial charge < -0.3 is 14.6 Å². The maximum atomic E-state index is 11.3. The Labute approximate surface area is 132 Å². The van der Waals surface area contributed by atoms with Crippen LogP contribution in [0.1, 0.15) is 12.5 Å². The van der Waals surface area contributed by atoms with Gasteiger partial charge in [0.05, 0.1) is 16.1 Å². The fourth-order valence-electron chi connectivity index (χ4n) is 1.35. The van der Waals surface area contributed by atoms with E-state index in [1.54, 1.807) is 19.1 Å². The first-order valence-corrected chi connectivity index (χ1v) is 7.08. The van der Waals surface area contributed by atoms with Crippen LogP contribution in [-0.4, -0.2) is 30.3 Å². The molecule has 1 N–H and O–H groups in total. The van der Waals surface area contributed by atoms with E-state index in [1.165, 1.54) is 13.2 Å². The molecule has 0 bridgehead atoms. The first-order valence-electron chi connectivity index (χ1n) is 5.49. The van der Waals surface area contributed by atoms with E-state index in [9.17, 15) is 9.59 Å². The number of benzene rings is 1. The number of methoxy groups -OCH3 is 1. The van der Waals surface area contributed by atoms with Crippen molar-refractivity contribution < 1.29 is 24.2 Å². The highest BCUT2D eigenvalue weighted by Gasteiger charge is 2.18. The lowest BCUT2D eigenvalue weighted by Gasteiger charge is -2.15. The summed E-state index contributed by atoms with van der Waals surface area (Å²) in [5.41, 5.74) is 0.671. The Morgan fingerprint density at radius 1 is 1.30 bits per heavy atom. The van der Waals surface area contributed by atoms with Crippen LogP contribution in [0.15, 0.2) is 27.2 Å². The standard InChI is InChI=1S/C13H12Br2O5/c1-7(13(18)19-2)20-12-9(14)5-8(6-10(12)15)3-4-11(16)17/h3-7H,1-2H3,(H,16,17)/b4-3+. The third-order valence-corrected chi connectivity index (χ3v) is 3.44. The van der Waals surface area contributed by atoms with Gasteiger partial charge >= 0.3 is 11.9 Å². The Morgan fingerprint density at radius 2 is 1.85 bits per heavy atom. The van der Waals surface area contributed by atoms with Gasteiger partial charge in [0.15, 0.2) is 6.10 Å². The van der Waals surface area contributed by atoms with Crippen LogP contribution in [-0.2, 0) is 14.3 Å². The predicted octanol–water partition coefficient (Wildman–Crippen LogP) is 3.25. The average Bonchev–Trinajstić information content (AvgIpc) is 2.39. The Balaban J connectivity index is 3.00. The van der Waals surface area contributed by atoms with Gasteiger partial charge in [0.2, 0.25) is 0 Å². The number of halogens is 2.